The first-order valence-corrected chi connectivity index (χ1v) is 18.5. The first kappa shape index (κ1) is 30.8. The van der Waals surface area contributed by atoms with Crippen molar-refractivity contribution in [2.75, 3.05) is 32.7 Å². The molecule has 4 saturated carbocycles. The van der Waals surface area contributed by atoms with Crippen LogP contribution < -0.4 is 0 Å². The molecule has 0 spiro atoms. The van der Waals surface area contributed by atoms with Gasteiger partial charge in [-0.3, -0.25) is 19.5 Å². The van der Waals surface area contributed by atoms with Gasteiger partial charge in [0.1, 0.15) is 11.7 Å². The predicted octanol–water partition coefficient (Wildman–Crippen LogP) is 6.00. The normalized spacial score (nSPS) is 41.2. The van der Waals surface area contributed by atoms with Gasteiger partial charge in [-0.1, -0.05) is 45.0 Å². The summed E-state index contributed by atoms with van der Waals surface area (Å²) in [5.41, 5.74) is 1.25. The van der Waals surface area contributed by atoms with Crippen molar-refractivity contribution in [1.82, 2.24) is 19.7 Å². The zero-order valence-corrected chi connectivity index (χ0v) is 28.2. The maximum Gasteiger partial charge on any atom is 0.273 e. The standard InChI is InChI=1S/C39H54N4O3/c1-25-10-13-30-29-12-11-28-22-35(44)34(23-39(28,3)31(29)14-15-38(25,30)2)41-17-19-42(20-18-41)37(46)33-9-6-16-43(33)36(45)32-21-26-7-4-5-8-27(26)24-40-32/h4-5,7-8,21,24-25,28-31,33-35,44H,6,9-20,22-23H2,1-3H3/t25-,28?,29?,30?,31?,33-,34-,35-,38+,39-/m0/s1. The molecule has 1 N–H and O–H groups in total. The van der Waals surface area contributed by atoms with Crippen LogP contribution in [0.25, 0.3) is 10.8 Å². The third-order valence-corrected chi connectivity index (χ3v) is 14.9. The van der Waals surface area contributed by atoms with Crippen LogP contribution in [0, 0.1) is 40.4 Å². The predicted molar refractivity (Wildman–Crippen MR) is 180 cm³/mol. The minimum absolute atomic E-state index is 0.0775. The second-order valence-electron chi connectivity index (χ2n) is 16.7. The van der Waals surface area contributed by atoms with Crippen LogP contribution in [0.5, 0.6) is 0 Å². The van der Waals surface area contributed by atoms with Crippen LogP contribution in [0.15, 0.2) is 36.5 Å². The maximum absolute atomic E-state index is 13.9. The third-order valence-electron chi connectivity index (χ3n) is 14.9. The molecule has 1 aromatic heterocycles. The molecule has 8 rings (SSSR count). The number of benzene rings is 1. The second kappa shape index (κ2) is 11.6. The van der Waals surface area contributed by atoms with Crippen molar-refractivity contribution in [3.05, 3.63) is 42.2 Å². The number of hydrogen-bond acceptors (Lipinski definition) is 5. The fourth-order valence-corrected chi connectivity index (χ4v) is 12.0. The topological polar surface area (TPSA) is 77.0 Å². The molecule has 4 aliphatic carbocycles. The highest BCUT2D eigenvalue weighted by atomic mass is 16.3. The summed E-state index contributed by atoms with van der Waals surface area (Å²) in [5.74, 6) is 3.95. The zero-order chi connectivity index (χ0) is 31.8. The first-order chi connectivity index (χ1) is 22.2. The Morgan fingerprint density at radius 1 is 0.891 bits per heavy atom. The molecule has 2 saturated heterocycles. The Hall–Kier alpha value is -2.51. The van der Waals surface area contributed by atoms with E-state index in [4.69, 9.17) is 0 Å². The molecule has 2 aromatic rings. The van der Waals surface area contributed by atoms with E-state index >= 15 is 0 Å². The molecular formula is C39H54N4O3. The summed E-state index contributed by atoms with van der Waals surface area (Å²) in [7, 11) is 0. The highest BCUT2D eigenvalue weighted by molar-refractivity contribution is 5.99. The lowest BCUT2D eigenvalue weighted by atomic mass is 9.44. The fraction of sp³-hybridized carbons (Fsp3) is 0.718. The molecule has 10 atom stereocenters. The monoisotopic (exact) mass is 626 g/mol. The highest BCUT2D eigenvalue weighted by Gasteiger charge is 2.60. The quantitative estimate of drug-likeness (QED) is 0.452. The maximum atomic E-state index is 13.9. The van der Waals surface area contributed by atoms with Crippen LogP contribution in [0.1, 0.15) is 95.5 Å². The number of pyridine rings is 1. The van der Waals surface area contributed by atoms with E-state index in [9.17, 15) is 14.7 Å². The minimum atomic E-state index is -0.415. The molecule has 1 aromatic carbocycles. The zero-order valence-electron chi connectivity index (χ0n) is 28.2. The Morgan fingerprint density at radius 2 is 1.65 bits per heavy atom. The van der Waals surface area contributed by atoms with E-state index in [1.54, 1.807) is 11.1 Å². The first-order valence-electron chi connectivity index (χ1n) is 18.5. The number of aliphatic hydroxyl groups excluding tert-OH is 1. The Bertz CT molecular complexity index is 1490. The van der Waals surface area contributed by atoms with Gasteiger partial charge in [0.25, 0.3) is 5.91 Å². The summed E-state index contributed by atoms with van der Waals surface area (Å²) in [6.07, 6.45) is 13.3. The van der Waals surface area contributed by atoms with E-state index in [-0.39, 0.29) is 24.0 Å². The van der Waals surface area contributed by atoms with Crippen LogP contribution in [-0.2, 0) is 4.79 Å². The van der Waals surface area contributed by atoms with Gasteiger partial charge in [-0.05, 0) is 116 Å². The second-order valence-corrected chi connectivity index (χ2v) is 16.7. The molecule has 7 heteroatoms. The Labute approximate surface area is 275 Å². The summed E-state index contributed by atoms with van der Waals surface area (Å²) >= 11 is 0. The van der Waals surface area contributed by atoms with Crippen molar-refractivity contribution < 1.29 is 14.7 Å². The average Bonchev–Trinajstić information content (AvgIpc) is 3.68. The number of fused-ring (bicyclic) bond motifs is 6. The molecule has 7 nitrogen and oxygen atoms in total. The summed E-state index contributed by atoms with van der Waals surface area (Å²) < 4.78 is 0. The summed E-state index contributed by atoms with van der Waals surface area (Å²) in [6, 6.07) is 9.55. The van der Waals surface area contributed by atoms with Gasteiger partial charge in [0.05, 0.1) is 6.10 Å². The molecule has 0 bridgehead atoms. The van der Waals surface area contributed by atoms with Crippen molar-refractivity contribution in [3.63, 3.8) is 0 Å². The number of likely N-dealkylation sites (tertiary alicyclic amines) is 1. The summed E-state index contributed by atoms with van der Waals surface area (Å²) in [4.78, 5) is 38.2. The van der Waals surface area contributed by atoms with Gasteiger partial charge >= 0.3 is 0 Å². The van der Waals surface area contributed by atoms with Crippen molar-refractivity contribution >= 4 is 22.6 Å². The number of amides is 2. The molecule has 3 heterocycles. The van der Waals surface area contributed by atoms with Gasteiger partial charge in [-0.25, -0.2) is 0 Å². The van der Waals surface area contributed by atoms with Crippen LogP contribution in [0.3, 0.4) is 0 Å². The van der Waals surface area contributed by atoms with E-state index in [0.29, 0.717) is 48.5 Å². The van der Waals surface area contributed by atoms with E-state index in [0.717, 1.165) is 66.8 Å². The number of carbonyl (C=O) groups is 2. The molecule has 6 fully saturated rings. The number of piperazine rings is 1. The number of rotatable bonds is 3. The van der Waals surface area contributed by atoms with Gasteiger partial charge < -0.3 is 14.9 Å². The van der Waals surface area contributed by atoms with E-state index in [1.165, 1.54) is 38.5 Å². The third kappa shape index (κ3) is 4.84. The lowest BCUT2D eigenvalue weighted by Gasteiger charge is -2.62. The highest BCUT2D eigenvalue weighted by Crippen LogP contribution is 2.67. The fourth-order valence-electron chi connectivity index (χ4n) is 12.0. The van der Waals surface area contributed by atoms with Crippen molar-refractivity contribution in [3.8, 4) is 0 Å². The Kier molecular flexibility index (Phi) is 7.75. The molecule has 2 aliphatic heterocycles. The molecule has 0 radical (unpaired) electrons. The Morgan fingerprint density at radius 3 is 2.46 bits per heavy atom. The molecule has 6 aliphatic rings. The SMILES string of the molecule is C[C@H]1CCC2C3CCC4C[C@H](O)[C@@H](N5CCN(C(=O)[C@@H]6CCCN6C(=O)c6cc7ccccc7cn6)CC5)C[C@]4(C)C3CC[C@@]21C. The van der Waals surface area contributed by atoms with E-state index < -0.39 is 6.04 Å². The number of aromatic nitrogens is 1. The number of carbonyl (C=O) groups excluding carboxylic acids is 2. The van der Waals surface area contributed by atoms with Crippen LogP contribution in [-0.4, -0.2) is 87.5 Å². The van der Waals surface area contributed by atoms with Crippen molar-refractivity contribution in [2.45, 2.75) is 103 Å². The van der Waals surface area contributed by atoms with Crippen molar-refractivity contribution in [1.29, 1.82) is 0 Å². The van der Waals surface area contributed by atoms with E-state index in [2.05, 4.69) is 30.7 Å². The van der Waals surface area contributed by atoms with Gasteiger partial charge in [0.2, 0.25) is 5.91 Å². The minimum Gasteiger partial charge on any atom is -0.391 e. The van der Waals surface area contributed by atoms with Crippen molar-refractivity contribution in [2.24, 2.45) is 40.4 Å². The lowest BCUT2D eigenvalue weighted by molar-refractivity contribution is -0.153. The van der Waals surface area contributed by atoms with Gasteiger partial charge in [0, 0.05) is 50.3 Å². The van der Waals surface area contributed by atoms with Gasteiger partial charge in [-0.2, -0.15) is 0 Å². The largest absolute Gasteiger partial charge is 0.391 e. The number of nitrogens with zero attached hydrogens (tertiary/aromatic N) is 4. The van der Waals surface area contributed by atoms with Crippen LogP contribution in [0.2, 0.25) is 0 Å². The van der Waals surface area contributed by atoms with Crippen LogP contribution >= 0.6 is 0 Å². The summed E-state index contributed by atoms with van der Waals surface area (Å²) in [6.45, 7) is 11.2. The number of hydrogen-bond donors (Lipinski definition) is 1. The number of aliphatic hydroxyl groups is 1. The van der Waals surface area contributed by atoms with Gasteiger partial charge in [0.15, 0.2) is 0 Å². The molecular weight excluding hydrogens is 572 g/mol. The summed E-state index contributed by atoms with van der Waals surface area (Å²) in [5, 5.41) is 13.5. The molecule has 2 amide bonds. The van der Waals surface area contributed by atoms with Crippen LogP contribution in [0.4, 0.5) is 0 Å². The van der Waals surface area contributed by atoms with Gasteiger partial charge in [-0.15, -0.1) is 0 Å². The van der Waals surface area contributed by atoms with E-state index in [1.807, 2.05) is 35.2 Å². The lowest BCUT2D eigenvalue weighted by Crippen LogP contribution is -2.62. The Balaban J connectivity index is 0.922. The smallest absolute Gasteiger partial charge is 0.273 e. The molecule has 4 unspecified atom stereocenters. The average molecular weight is 627 g/mol. The molecule has 248 valence electrons. The molecule has 46 heavy (non-hydrogen) atoms.